The molecule has 5 nitrogen and oxygen atoms in total. The second-order valence-electron chi connectivity index (χ2n) is 10.9. The zero-order valence-corrected chi connectivity index (χ0v) is 21.6. The Morgan fingerprint density at radius 2 is 1.71 bits per heavy atom. The Morgan fingerprint density at radius 1 is 1.06 bits per heavy atom. The maximum atomic E-state index is 11.6. The standard InChI is InChI=1S/C27H34Cl2N2O3/c1-26(2,3)24-17-31(25(32)33)14-13-30(24)16-21(27(34)11-4-12-27)19-7-5-18(6-8-19)20-9-10-22(28)23(29)15-20/h5-10,15,21,24,34H,4,11-14,16-17H2,1-3H3,(H,32,33). The van der Waals surface area contributed by atoms with Crippen LogP contribution in [0.3, 0.4) is 0 Å². The number of carbonyl (C=O) groups is 1. The van der Waals surface area contributed by atoms with Gasteiger partial charge >= 0.3 is 6.09 Å². The van der Waals surface area contributed by atoms with E-state index in [0.717, 1.165) is 36.0 Å². The summed E-state index contributed by atoms with van der Waals surface area (Å²) < 4.78 is 0. The van der Waals surface area contributed by atoms with Crippen LogP contribution in [0.4, 0.5) is 4.79 Å². The molecule has 0 spiro atoms. The number of aliphatic hydroxyl groups is 1. The number of rotatable bonds is 5. The van der Waals surface area contributed by atoms with Gasteiger partial charge in [0.1, 0.15) is 0 Å². The van der Waals surface area contributed by atoms with E-state index in [1.165, 1.54) is 4.90 Å². The summed E-state index contributed by atoms with van der Waals surface area (Å²) in [7, 11) is 0. The molecule has 0 aromatic heterocycles. The highest BCUT2D eigenvalue weighted by Gasteiger charge is 2.46. The van der Waals surface area contributed by atoms with Gasteiger partial charge in [-0.1, -0.05) is 74.3 Å². The lowest BCUT2D eigenvalue weighted by Gasteiger charge is -2.51. The van der Waals surface area contributed by atoms with Gasteiger partial charge < -0.3 is 15.1 Å². The van der Waals surface area contributed by atoms with Gasteiger partial charge in [-0.2, -0.15) is 0 Å². The van der Waals surface area contributed by atoms with Crippen molar-refractivity contribution in [3.8, 4) is 11.1 Å². The first kappa shape index (κ1) is 25.3. The highest BCUT2D eigenvalue weighted by Crippen LogP contribution is 2.45. The number of carboxylic acid groups (broad SMARTS) is 1. The summed E-state index contributed by atoms with van der Waals surface area (Å²) in [5, 5.41) is 22.1. The first-order chi connectivity index (χ1) is 16.0. The number of hydrogen-bond acceptors (Lipinski definition) is 3. The topological polar surface area (TPSA) is 64.0 Å². The quantitative estimate of drug-likeness (QED) is 0.496. The molecular formula is C27H34Cl2N2O3. The summed E-state index contributed by atoms with van der Waals surface area (Å²) in [4.78, 5) is 15.5. The molecule has 1 saturated carbocycles. The molecule has 2 aromatic carbocycles. The van der Waals surface area contributed by atoms with E-state index in [1.54, 1.807) is 6.07 Å². The first-order valence-electron chi connectivity index (χ1n) is 12.0. The molecule has 0 bridgehead atoms. The van der Waals surface area contributed by atoms with Crippen LogP contribution >= 0.6 is 23.2 Å². The third-order valence-corrected chi connectivity index (χ3v) is 8.35. The third-order valence-electron chi connectivity index (χ3n) is 7.61. The van der Waals surface area contributed by atoms with E-state index >= 15 is 0 Å². The smallest absolute Gasteiger partial charge is 0.407 e. The minimum atomic E-state index is -0.860. The number of nitrogens with zero attached hydrogens (tertiary/aromatic N) is 2. The molecule has 1 aliphatic heterocycles. The Kier molecular flexibility index (Phi) is 7.21. The molecule has 34 heavy (non-hydrogen) atoms. The lowest BCUT2D eigenvalue weighted by molar-refractivity contribution is -0.0765. The number of halogens is 2. The first-order valence-corrected chi connectivity index (χ1v) is 12.7. The molecule has 184 valence electrons. The normalized spacial score (nSPS) is 21.7. The Bertz CT molecular complexity index is 1030. The molecular weight excluding hydrogens is 471 g/mol. The zero-order chi connectivity index (χ0) is 24.7. The van der Waals surface area contributed by atoms with E-state index in [-0.39, 0.29) is 17.4 Å². The van der Waals surface area contributed by atoms with E-state index in [2.05, 4.69) is 49.9 Å². The Hall–Kier alpha value is -1.79. The largest absolute Gasteiger partial charge is 0.465 e. The maximum Gasteiger partial charge on any atom is 0.407 e. The highest BCUT2D eigenvalue weighted by atomic mass is 35.5. The van der Waals surface area contributed by atoms with Crippen molar-refractivity contribution in [2.45, 2.75) is 57.6 Å². The summed E-state index contributed by atoms with van der Waals surface area (Å²) in [6.45, 7) is 8.84. The van der Waals surface area contributed by atoms with Crippen molar-refractivity contribution in [2.24, 2.45) is 5.41 Å². The van der Waals surface area contributed by atoms with Gasteiger partial charge in [0.15, 0.2) is 0 Å². The van der Waals surface area contributed by atoms with Crippen LogP contribution in [0.1, 0.15) is 51.5 Å². The SMILES string of the molecule is CC(C)(C)C1CN(C(=O)O)CCN1CC(c1ccc(-c2ccc(Cl)c(Cl)c2)cc1)C1(O)CCC1. The molecule has 2 fully saturated rings. The van der Waals surface area contributed by atoms with Crippen LogP contribution < -0.4 is 0 Å². The second kappa shape index (κ2) is 9.69. The number of piperazine rings is 1. The van der Waals surface area contributed by atoms with Crippen LogP contribution in [0.15, 0.2) is 42.5 Å². The van der Waals surface area contributed by atoms with Gasteiger partial charge in [-0.05, 0) is 53.5 Å². The van der Waals surface area contributed by atoms with Crippen LogP contribution in [0, 0.1) is 5.41 Å². The molecule has 1 aliphatic carbocycles. The van der Waals surface area contributed by atoms with Crippen molar-refractivity contribution in [3.63, 3.8) is 0 Å². The molecule has 7 heteroatoms. The van der Waals surface area contributed by atoms with Gasteiger partial charge in [-0.3, -0.25) is 4.90 Å². The van der Waals surface area contributed by atoms with Crippen molar-refractivity contribution in [3.05, 3.63) is 58.1 Å². The summed E-state index contributed by atoms with van der Waals surface area (Å²) >= 11 is 12.3. The Labute approximate surface area is 212 Å². The molecule has 0 radical (unpaired) electrons. The zero-order valence-electron chi connectivity index (χ0n) is 20.1. The van der Waals surface area contributed by atoms with Gasteiger partial charge in [0.05, 0.1) is 15.6 Å². The van der Waals surface area contributed by atoms with Crippen LogP contribution in [0.2, 0.25) is 10.0 Å². The van der Waals surface area contributed by atoms with Gasteiger partial charge in [-0.25, -0.2) is 4.79 Å². The average Bonchev–Trinajstić information content (AvgIpc) is 2.77. The second-order valence-corrected chi connectivity index (χ2v) is 11.7. The van der Waals surface area contributed by atoms with E-state index in [0.29, 0.717) is 36.2 Å². The molecule has 2 aromatic rings. The van der Waals surface area contributed by atoms with Gasteiger partial charge in [-0.15, -0.1) is 0 Å². The van der Waals surface area contributed by atoms with E-state index in [4.69, 9.17) is 23.2 Å². The maximum absolute atomic E-state index is 11.6. The number of benzene rings is 2. The molecule has 1 saturated heterocycles. The minimum absolute atomic E-state index is 0.0367. The van der Waals surface area contributed by atoms with Gasteiger partial charge in [0, 0.05) is 38.1 Å². The fourth-order valence-electron chi connectivity index (χ4n) is 5.33. The van der Waals surface area contributed by atoms with Crippen molar-refractivity contribution in [1.82, 2.24) is 9.80 Å². The molecule has 2 atom stereocenters. The predicted molar refractivity (Wildman–Crippen MR) is 138 cm³/mol. The fraction of sp³-hybridized carbons (Fsp3) is 0.519. The van der Waals surface area contributed by atoms with Crippen molar-refractivity contribution >= 4 is 29.3 Å². The molecule has 2 N–H and O–H groups in total. The Morgan fingerprint density at radius 3 is 2.24 bits per heavy atom. The summed E-state index contributed by atoms with van der Waals surface area (Å²) in [5.74, 6) is -0.0367. The average molecular weight is 505 g/mol. The van der Waals surface area contributed by atoms with Gasteiger partial charge in [0.25, 0.3) is 0 Å². The van der Waals surface area contributed by atoms with Crippen LogP contribution in [0.25, 0.3) is 11.1 Å². The summed E-state index contributed by atoms with van der Waals surface area (Å²) in [6.07, 6.45) is 1.76. The predicted octanol–water partition coefficient (Wildman–Crippen LogP) is 6.37. The summed E-state index contributed by atoms with van der Waals surface area (Å²) in [5.41, 5.74) is 2.34. The monoisotopic (exact) mass is 504 g/mol. The number of amides is 1. The van der Waals surface area contributed by atoms with Crippen molar-refractivity contribution in [1.29, 1.82) is 0 Å². The molecule has 4 rings (SSSR count). The van der Waals surface area contributed by atoms with E-state index in [1.807, 2.05) is 12.1 Å². The summed E-state index contributed by atoms with van der Waals surface area (Å²) in [6, 6.07) is 14.1. The van der Waals surface area contributed by atoms with E-state index in [9.17, 15) is 15.0 Å². The lowest BCUT2D eigenvalue weighted by atomic mass is 9.68. The minimum Gasteiger partial charge on any atom is -0.465 e. The number of hydrogen-bond donors (Lipinski definition) is 2. The third kappa shape index (κ3) is 5.23. The highest BCUT2D eigenvalue weighted by molar-refractivity contribution is 6.42. The van der Waals surface area contributed by atoms with E-state index < -0.39 is 11.7 Å². The molecule has 2 aliphatic rings. The van der Waals surface area contributed by atoms with Crippen LogP contribution in [-0.4, -0.2) is 63.9 Å². The van der Waals surface area contributed by atoms with Crippen molar-refractivity contribution < 1.29 is 15.0 Å². The van der Waals surface area contributed by atoms with Gasteiger partial charge in [0.2, 0.25) is 0 Å². The molecule has 1 amide bonds. The Balaban J connectivity index is 1.60. The molecule has 2 unspecified atom stereocenters. The fourth-order valence-corrected chi connectivity index (χ4v) is 5.62. The van der Waals surface area contributed by atoms with Crippen LogP contribution in [0.5, 0.6) is 0 Å². The molecule has 1 heterocycles. The lowest BCUT2D eigenvalue weighted by Crippen LogP contribution is -2.61. The van der Waals surface area contributed by atoms with Crippen LogP contribution in [-0.2, 0) is 0 Å². The van der Waals surface area contributed by atoms with Crippen molar-refractivity contribution in [2.75, 3.05) is 26.2 Å².